The normalized spacial score (nSPS) is 26.3. The number of rotatable bonds is 3. The Kier molecular flexibility index (Phi) is 5.01. The van der Waals surface area contributed by atoms with E-state index in [0.29, 0.717) is 34.1 Å². The molecule has 0 radical (unpaired) electrons. The molecule has 0 bridgehead atoms. The van der Waals surface area contributed by atoms with Crippen LogP contribution in [0.4, 0.5) is 5.69 Å². The second-order valence-electron chi connectivity index (χ2n) is 6.67. The van der Waals surface area contributed by atoms with Crippen LogP contribution in [0.3, 0.4) is 0 Å². The number of halogens is 1. The zero-order valence-corrected chi connectivity index (χ0v) is 18.6. The lowest BCUT2D eigenvalue weighted by atomic mass is 10.1. The monoisotopic (exact) mass is 498 g/mol. The summed E-state index contributed by atoms with van der Waals surface area (Å²) in [7, 11) is -3.17. The minimum atomic E-state index is -3.17. The molecule has 1 atom stereocenters. The van der Waals surface area contributed by atoms with Crippen molar-refractivity contribution in [2.75, 3.05) is 23.0 Å². The third-order valence-electron chi connectivity index (χ3n) is 4.89. The first-order valence-electron chi connectivity index (χ1n) is 8.46. The summed E-state index contributed by atoms with van der Waals surface area (Å²) in [4.78, 5) is 29.5. The van der Waals surface area contributed by atoms with Gasteiger partial charge in [0.25, 0.3) is 11.8 Å². The highest BCUT2D eigenvalue weighted by atomic mass is 79.9. The van der Waals surface area contributed by atoms with Gasteiger partial charge in [0.1, 0.15) is 4.32 Å². The van der Waals surface area contributed by atoms with Gasteiger partial charge in [-0.25, -0.2) is 8.42 Å². The summed E-state index contributed by atoms with van der Waals surface area (Å²) < 4.78 is 24.8. The number of sulfone groups is 1. The largest absolute Gasteiger partial charge is 0.304 e. The van der Waals surface area contributed by atoms with Gasteiger partial charge in [-0.15, -0.1) is 6.58 Å². The summed E-state index contributed by atoms with van der Waals surface area (Å²) >= 11 is 9.86. The fourth-order valence-electron chi connectivity index (χ4n) is 3.66. The molecule has 4 rings (SSSR count). The average molecular weight is 499 g/mol. The minimum absolute atomic E-state index is 0.0441. The molecule has 2 amide bonds. The Morgan fingerprint density at radius 1 is 1.32 bits per heavy atom. The quantitative estimate of drug-likeness (QED) is 0.362. The Morgan fingerprint density at radius 2 is 2.07 bits per heavy atom. The van der Waals surface area contributed by atoms with Gasteiger partial charge >= 0.3 is 0 Å². The Bertz CT molecular complexity index is 1080. The number of hydrogen-bond acceptors (Lipinski definition) is 6. The van der Waals surface area contributed by atoms with Crippen LogP contribution >= 0.6 is 39.9 Å². The van der Waals surface area contributed by atoms with Crippen LogP contribution in [-0.2, 0) is 19.4 Å². The Hall–Kier alpha value is -1.49. The molecule has 0 unspecified atom stereocenters. The fourth-order valence-corrected chi connectivity index (χ4v) is 7.19. The molecule has 1 aromatic carbocycles. The predicted molar refractivity (Wildman–Crippen MR) is 118 cm³/mol. The molecular weight excluding hydrogens is 484 g/mol. The highest BCUT2D eigenvalue weighted by Gasteiger charge is 2.46. The van der Waals surface area contributed by atoms with Gasteiger partial charge in [0.05, 0.1) is 33.7 Å². The zero-order valence-electron chi connectivity index (χ0n) is 14.6. The van der Waals surface area contributed by atoms with Gasteiger partial charge in [0.15, 0.2) is 9.84 Å². The first kappa shape index (κ1) is 19.8. The van der Waals surface area contributed by atoms with E-state index in [-0.39, 0.29) is 22.3 Å². The Labute approximate surface area is 180 Å². The smallest absolute Gasteiger partial charge is 0.267 e. The van der Waals surface area contributed by atoms with Crippen LogP contribution in [-0.4, -0.2) is 53.5 Å². The van der Waals surface area contributed by atoms with Crippen molar-refractivity contribution in [1.29, 1.82) is 0 Å². The van der Waals surface area contributed by atoms with Gasteiger partial charge in [-0.05, 0) is 24.6 Å². The van der Waals surface area contributed by atoms with Crippen LogP contribution in [0.15, 0.2) is 40.2 Å². The molecule has 0 spiro atoms. The van der Waals surface area contributed by atoms with E-state index < -0.39 is 21.8 Å². The number of hydrogen-bond donors (Lipinski definition) is 0. The molecule has 0 saturated carbocycles. The van der Waals surface area contributed by atoms with Crippen molar-refractivity contribution >= 4 is 77.1 Å². The molecule has 146 valence electrons. The van der Waals surface area contributed by atoms with E-state index in [0.717, 1.165) is 16.2 Å². The third kappa shape index (κ3) is 3.16. The van der Waals surface area contributed by atoms with Crippen LogP contribution in [0.5, 0.6) is 0 Å². The summed E-state index contributed by atoms with van der Waals surface area (Å²) in [5, 5.41) is 0. The Morgan fingerprint density at radius 3 is 2.71 bits per heavy atom. The second-order valence-corrected chi connectivity index (χ2v) is 11.5. The lowest BCUT2D eigenvalue weighted by molar-refractivity contribution is -0.123. The molecule has 10 heteroatoms. The minimum Gasteiger partial charge on any atom is -0.304 e. The van der Waals surface area contributed by atoms with E-state index in [4.69, 9.17) is 12.2 Å². The molecule has 6 nitrogen and oxygen atoms in total. The third-order valence-corrected chi connectivity index (χ3v) is 8.53. The zero-order chi connectivity index (χ0) is 20.2. The van der Waals surface area contributed by atoms with E-state index in [2.05, 4.69) is 22.5 Å². The highest BCUT2D eigenvalue weighted by molar-refractivity contribution is 9.10. The maximum atomic E-state index is 13.2. The number of carbonyl (C=O) groups is 2. The summed E-state index contributed by atoms with van der Waals surface area (Å²) in [6.07, 6.45) is 1.98. The Balaban J connectivity index is 1.80. The summed E-state index contributed by atoms with van der Waals surface area (Å²) in [6.45, 7) is 4.02. The average Bonchev–Trinajstić information content (AvgIpc) is 3.20. The van der Waals surface area contributed by atoms with E-state index >= 15 is 0 Å². The van der Waals surface area contributed by atoms with E-state index in [1.165, 1.54) is 4.90 Å². The number of amides is 2. The maximum absolute atomic E-state index is 13.2. The molecular formula is C18H15BrN2O4S3. The summed E-state index contributed by atoms with van der Waals surface area (Å²) in [6, 6.07) is 4.98. The molecule has 28 heavy (non-hydrogen) atoms. The maximum Gasteiger partial charge on any atom is 0.267 e. The van der Waals surface area contributed by atoms with Gasteiger partial charge < -0.3 is 4.90 Å². The molecule has 0 aliphatic carbocycles. The lowest BCUT2D eigenvalue weighted by Crippen LogP contribution is -2.39. The number of nitrogens with zero attached hydrogens (tertiary/aromatic N) is 2. The fraction of sp³-hybridized carbons (Fsp3) is 0.278. The number of thioether (sulfide) groups is 1. The molecule has 2 saturated heterocycles. The van der Waals surface area contributed by atoms with Crippen molar-refractivity contribution in [2.24, 2.45) is 0 Å². The first-order chi connectivity index (χ1) is 13.2. The molecule has 1 aromatic rings. The van der Waals surface area contributed by atoms with Crippen LogP contribution in [0.1, 0.15) is 12.0 Å². The van der Waals surface area contributed by atoms with Crippen molar-refractivity contribution in [1.82, 2.24) is 4.90 Å². The number of thiocarbonyl (C=S) groups is 1. The molecule has 0 N–H and O–H groups in total. The van der Waals surface area contributed by atoms with Crippen LogP contribution in [0.25, 0.3) is 5.57 Å². The standard InChI is InChI=1S/C18H15BrN2O4S3/c1-2-6-20-13-4-3-10(19)8-12(13)14(16(20)22)15-17(23)21(18(26)27-15)11-5-7-28(24,25)9-11/h2-4,8,11H,1,5-7,9H2/b15-14-/t11-/m0/s1. The number of fused-ring (bicyclic) bond motifs is 1. The van der Waals surface area contributed by atoms with E-state index in [1.807, 2.05) is 12.1 Å². The molecule has 3 heterocycles. The van der Waals surface area contributed by atoms with Crippen molar-refractivity contribution in [2.45, 2.75) is 12.5 Å². The van der Waals surface area contributed by atoms with Gasteiger partial charge in [-0.2, -0.15) is 0 Å². The summed E-state index contributed by atoms with van der Waals surface area (Å²) in [5.41, 5.74) is 1.66. The molecule has 3 aliphatic rings. The first-order valence-corrected chi connectivity index (χ1v) is 12.3. The van der Waals surface area contributed by atoms with Crippen LogP contribution < -0.4 is 4.90 Å². The highest BCUT2D eigenvalue weighted by Crippen LogP contribution is 2.46. The number of anilines is 1. The lowest BCUT2D eigenvalue weighted by Gasteiger charge is -2.21. The van der Waals surface area contributed by atoms with Gasteiger partial charge in [0.2, 0.25) is 0 Å². The SMILES string of the molecule is C=CCN1C(=O)/C(=C2\SC(=S)N([C@H]3CCS(=O)(=O)C3)C2=O)c2cc(Br)ccc21. The van der Waals surface area contributed by atoms with Gasteiger partial charge in [-0.1, -0.05) is 46.0 Å². The topological polar surface area (TPSA) is 74.8 Å². The number of benzene rings is 1. The molecule has 0 aromatic heterocycles. The second kappa shape index (κ2) is 7.08. The van der Waals surface area contributed by atoms with E-state index in [1.54, 1.807) is 17.0 Å². The predicted octanol–water partition coefficient (Wildman–Crippen LogP) is 2.74. The van der Waals surface area contributed by atoms with Gasteiger partial charge in [-0.3, -0.25) is 14.5 Å². The molecule has 2 fully saturated rings. The summed E-state index contributed by atoms with van der Waals surface area (Å²) in [5.74, 6) is -0.734. The van der Waals surface area contributed by atoms with Crippen molar-refractivity contribution < 1.29 is 18.0 Å². The van der Waals surface area contributed by atoms with Crippen LogP contribution in [0.2, 0.25) is 0 Å². The van der Waals surface area contributed by atoms with E-state index in [9.17, 15) is 18.0 Å². The van der Waals surface area contributed by atoms with Crippen molar-refractivity contribution in [3.63, 3.8) is 0 Å². The van der Waals surface area contributed by atoms with Gasteiger partial charge in [0, 0.05) is 16.6 Å². The van der Waals surface area contributed by atoms with Crippen molar-refractivity contribution in [3.05, 3.63) is 45.8 Å². The number of carbonyl (C=O) groups excluding carboxylic acids is 2. The molecule has 3 aliphatic heterocycles. The van der Waals surface area contributed by atoms with Crippen LogP contribution in [0, 0.1) is 0 Å². The van der Waals surface area contributed by atoms with Crippen molar-refractivity contribution in [3.8, 4) is 0 Å².